The molecule has 2 rings (SSSR count). The van der Waals surface area contributed by atoms with Crippen molar-refractivity contribution in [2.24, 2.45) is 23.2 Å². The van der Waals surface area contributed by atoms with Gasteiger partial charge in [-0.2, -0.15) is 0 Å². The lowest BCUT2D eigenvalue weighted by Crippen LogP contribution is -2.48. The first-order valence-corrected chi connectivity index (χ1v) is 8.31. The predicted molar refractivity (Wildman–Crippen MR) is 87.5 cm³/mol. The second-order valence-corrected chi connectivity index (χ2v) is 7.18. The van der Waals surface area contributed by atoms with E-state index in [1.54, 1.807) is 0 Å². The third-order valence-corrected chi connectivity index (χ3v) is 5.09. The molecule has 3 heteroatoms. The molecule has 3 atom stereocenters. The van der Waals surface area contributed by atoms with Crippen LogP contribution in [0.25, 0.3) is 0 Å². The van der Waals surface area contributed by atoms with E-state index in [0.717, 1.165) is 24.8 Å². The van der Waals surface area contributed by atoms with Crippen LogP contribution >= 0.6 is 0 Å². The Morgan fingerprint density at radius 3 is 2.59 bits per heavy atom. The van der Waals surface area contributed by atoms with E-state index in [1.165, 1.54) is 0 Å². The normalized spacial score (nSPS) is 28.7. The molecule has 3 nitrogen and oxygen atoms in total. The monoisotopic (exact) mass is 304 g/mol. The molecule has 0 bridgehead atoms. The van der Waals surface area contributed by atoms with Gasteiger partial charge in [-0.3, -0.25) is 4.79 Å². The third-order valence-electron chi connectivity index (χ3n) is 5.09. The number of hydrogen-bond donors (Lipinski definition) is 1. The number of hydrogen-bond acceptors (Lipinski definition) is 2. The van der Waals surface area contributed by atoms with Crippen LogP contribution in [0.4, 0.5) is 0 Å². The average molecular weight is 304 g/mol. The van der Waals surface area contributed by atoms with E-state index in [1.807, 2.05) is 30.3 Å². The van der Waals surface area contributed by atoms with Gasteiger partial charge in [0.2, 0.25) is 0 Å². The van der Waals surface area contributed by atoms with Gasteiger partial charge in [-0.15, -0.1) is 0 Å². The first kappa shape index (κ1) is 17.0. The Morgan fingerprint density at radius 1 is 1.32 bits per heavy atom. The first-order chi connectivity index (χ1) is 10.5. The fourth-order valence-corrected chi connectivity index (χ4v) is 3.99. The van der Waals surface area contributed by atoms with Crippen molar-refractivity contribution in [2.45, 2.75) is 46.6 Å². The zero-order valence-corrected chi connectivity index (χ0v) is 13.9. The Morgan fingerprint density at radius 2 is 2.00 bits per heavy atom. The van der Waals surface area contributed by atoms with Gasteiger partial charge in [-0.1, -0.05) is 57.5 Å². The third kappa shape index (κ3) is 3.70. The van der Waals surface area contributed by atoms with Crippen molar-refractivity contribution in [3.8, 4) is 0 Å². The van der Waals surface area contributed by atoms with Crippen LogP contribution in [0.2, 0.25) is 0 Å². The lowest BCUT2D eigenvalue weighted by Gasteiger charge is -2.45. The molecule has 0 heterocycles. The number of aliphatic carboxylic acids is 1. The zero-order valence-electron chi connectivity index (χ0n) is 13.9. The van der Waals surface area contributed by atoms with E-state index in [4.69, 9.17) is 4.74 Å². The molecule has 1 saturated carbocycles. The topological polar surface area (TPSA) is 46.5 Å². The van der Waals surface area contributed by atoms with Gasteiger partial charge in [-0.25, -0.2) is 0 Å². The van der Waals surface area contributed by atoms with E-state index < -0.39 is 11.4 Å². The Bertz CT molecular complexity index is 483. The van der Waals surface area contributed by atoms with Crippen LogP contribution < -0.4 is 0 Å². The Balaban J connectivity index is 2.10. The summed E-state index contributed by atoms with van der Waals surface area (Å²) >= 11 is 0. The molecule has 1 aromatic carbocycles. The maximum Gasteiger partial charge on any atom is 0.312 e. The summed E-state index contributed by atoms with van der Waals surface area (Å²) in [6, 6.07) is 9.95. The number of ether oxygens (including phenoxy) is 1. The highest BCUT2D eigenvalue weighted by atomic mass is 16.5. The van der Waals surface area contributed by atoms with Gasteiger partial charge in [0.05, 0.1) is 18.6 Å². The lowest BCUT2D eigenvalue weighted by molar-refractivity contribution is -0.166. The first-order valence-electron chi connectivity index (χ1n) is 8.31. The second kappa shape index (κ2) is 7.28. The molecule has 1 N–H and O–H groups in total. The summed E-state index contributed by atoms with van der Waals surface area (Å²) in [6.07, 6.45) is 2.83. The van der Waals surface area contributed by atoms with Gasteiger partial charge >= 0.3 is 5.97 Å². The molecule has 122 valence electrons. The summed E-state index contributed by atoms with van der Waals surface area (Å²) in [6.45, 7) is 7.22. The number of benzene rings is 1. The van der Waals surface area contributed by atoms with E-state index in [-0.39, 0.29) is 5.92 Å². The van der Waals surface area contributed by atoms with Crippen molar-refractivity contribution >= 4 is 5.97 Å². The molecule has 0 aliphatic heterocycles. The smallest absolute Gasteiger partial charge is 0.312 e. The number of carbonyl (C=O) groups is 1. The van der Waals surface area contributed by atoms with E-state index >= 15 is 0 Å². The average Bonchev–Trinajstić information content (AvgIpc) is 2.47. The highest BCUT2D eigenvalue weighted by Gasteiger charge is 2.50. The highest BCUT2D eigenvalue weighted by Crippen LogP contribution is 2.47. The summed E-state index contributed by atoms with van der Waals surface area (Å²) in [4.78, 5) is 12.1. The van der Waals surface area contributed by atoms with Crippen molar-refractivity contribution in [1.82, 2.24) is 0 Å². The van der Waals surface area contributed by atoms with Crippen molar-refractivity contribution in [3.63, 3.8) is 0 Å². The van der Waals surface area contributed by atoms with Crippen LogP contribution in [0.1, 0.15) is 45.6 Å². The Kier molecular flexibility index (Phi) is 5.63. The second-order valence-electron chi connectivity index (χ2n) is 7.18. The standard InChI is InChI=1S/C19H28O3/c1-14(2)17-10-9-15(3)11-19(17,18(20)21)13-22-12-16-7-5-4-6-8-16/h4-8,14-15,17H,9-13H2,1-3H3,(H,20,21)/t15-,17+,19?/m1/s1. The van der Waals surface area contributed by atoms with Crippen LogP contribution in [0, 0.1) is 23.2 Å². The molecule has 1 aliphatic carbocycles. The minimum absolute atomic E-state index is 0.192. The van der Waals surface area contributed by atoms with Crippen LogP contribution in [0.15, 0.2) is 30.3 Å². The summed E-state index contributed by atoms with van der Waals surface area (Å²) in [5.74, 6) is 0.318. The van der Waals surface area contributed by atoms with Gasteiger partial charge in [-0.05, 0) is 36.2 Å². The molecular formula is C19H28O3. The van der Waals surface area contributed by atoms with Crippen molar-refractivity contribution < 1.29 is 14.6 Å². The summed E-state index contributed by atoms with van der Waals surface area (Å²) in [5, 5.41) is 9.94. The molecule has 1 fully saturated rings. The van der Waals surface area contributed by atoms with E-state index in [0.29, 0.717) is 25.0 Å². The number of carboxylic acids is 1. The minimum Gasteiger partial charge on any atom is -0.481 e. The van der Waals surface area contributed by atoms with Gasteiger partial charge in [0.1, 0.15) is 0 Å². The molecule has 1 unspecified atom stereocenters. The number of carboxylic acid groups (broad SMARTS) is 1. The van der Waals surface area contributed by atoms with Crippen LogP contribution in [0.3, 0.4) is 0 Å². The molecular weight excluding hydrogens is 276 g/mol. The molecule has 0 amide bonds. The number of rotatable bonds is 6. The molecule has 1 aromatic rings. The summed E-state index contributed by atoms with van der Waals surface area (Å²) in [5.41, 5.74) is 0.355. The minimum atomic E-state index is -0.736. The zero-order chi connectivity index (χ0) is 16.2. The lowest BCUT2D eigenvalue weighted by atomic mass is 9.60. The van der Waals surface area contributed by atoms with Crippen LogP contribution in [-0.4, -0.2) is 17.7 Å². The maximum atomic E-state index is 12.1. The molecule has 0 radical (unpaired) electrons. The van der Waals surface area contributed by atoms with Crippen molar-refractivity contribution in [1.29, 1.82) is 0 Å². The summed E-state index contributed by atoms with van der Waals surface area (Å²) < 4.78 is 5.87. The van der Waals surface area contributed by atoms with Crippen LogP contribution in [-0.2, 0) is 16.1 Å². The molecule has 0 aromatic heterocycles. The Labute approximate surface area is 133 Å². The SMILES string of the molecule is CC(C)[C@@H]1CC[C@@H](C)CC1(COCc1ccccc1)C(=O)O. The fraction of sp³-hybridized carbons (Fsp3) is 0.632. The van der Waals surface area contributed by atoms with Gasteiger partial charge in [0, 0.05) is 0 Å². The largest absolute Gasteiger partial charge is 0.481 e. The fourth-order valence-electron chi connectivity index (χ4n) is 3.99. The quantitative estimate of drug-likeness (QED) is 0.849. The van der Waals surface area contributed by atoms with Gasteiger partial charge in [0.15, 0.2) is 0 Å². The molecule has 0 spiro atoms. The molecule has 22 heavy (non-hydrogen) atoms. The van der Waals surface area contributed by atoms with E-state index in [9.17, 15) is 9.90 Å². The highest BCUT2D eigenvalue weighted by molar-refractivity contribution is 5.75. The maximum absolute atomic E-state index is 12.1. The van der Waals surface area contributed by atoms with Crippen molar-refractivity contribution in [3.05, 3.63) is 35.9 Å². The Hall–Kier alpha value is -1.35. The van der Waals surface area contributed by atoms with Gasteiger partial charge < -0.3 is 9.84 Å². The van der Waals surface area contributed by atoms with E-state index in [2.05, 4.69) is 20.8 Å². The molecule has 0 saturated heterocycles. The summed E-state index contributed by atoms with van der Waals surface area (Å²) in [7, 11) is 0. The van der Waals surface area contributed by atoms with Crippen molar-refractivity contribution in [2.75, 3.05) is 6.61 Å². The van der Waals surface area contributed by atoms with Crippen LogP contribution in [0.5, 0.6) is 0 Å². The predicted octanol–water partition coefficient (Wildman–Crippen LogP) is 4.37. The van der Waals surface area contributed by atoms with Gasteiger partial charge in [0.25, 0.3) is 0 Å². The molecule has 1 aliphatic rings.